The van der Waals surface area contributed by atoms with Crippen molar-refractivity contribution in [1.29, 1.82) is 0 Å². The maximum Gasteiger partial charge on any atom is 0.257 e. The molecule has 0 aliphatic carbocycles. The van der Waals surface area contributed by atoms with Gasteiger partial charge < -0.3 is 20.1 Å². The molecule has 7 nitrogen and oxygen atoms in total. The first-order valence-corrected chi connectivity index (χ1v) is 9.16. The Kier molecular flexibility index (Phi) is 5.31. The van der Waals surface area contributed by atoms with E-state index in [-0.39, 0.29) is 18.6 Å². The van der Waals surface area contributed by atoms with Gasteiger partial charge in [-0.3, -0.25) is 9.59 Å². The molecule has 0 spiro atoms. The van der Waals surface area contributed by atoms with Crippen molar-refractivity contribution >= 4 is 29.1 Å². The number of carbonyl (C=O) groups is 2. The van der Waals surface area contributed by atoms with E-state index in [1.807, 2.05) is 12.1 Å². The predicted molar refractivity (Wildman–Crippen MR) is 107 cm³/mol. The van der Waals surface area contributed by atoms with Crippen LogP contribution in [0.5, 0.6) is 11.5 Å². The summed E-state index contributed by atoms with van der Waals surface area (Å²) in [5, 5.41) is 5.89. The zero-order chi connectivity index (χ0) is 20.2. The van der Waals surface area contributed by atoms with Gasteiger partial charge in [-0.05, 0) is 42.0 Å². The molecule has 0 unspecified atom stereocenters. The van der Waals surface area contributed by atoms with Crippen LogP contribution in [0.2, 0.25) is 5.15 Å². The minimum Gasteiger partial charge on any atom is -0.454 e. The summed E-state index contributed by atoms with van der Waals surface area (Å²) in [5.74, 6) is 0.642. The molecule has 2 amide bonds. The lowest BCUT2D eigenvalue weighted by Crippen LogP contribution is -2.25. The Bertz CT molecular complexity index is 1070. The lowest BCUT2D eigenvalue weighted by Gasteiger charge is -2.12. The van der Waals surface area contributed by atoms with E-state index >= 15 is 0 Å². The first-order chi connectivity index (χ1) is 14.1. The van der Waals surface area contributed by atoms with Crippen molar-refractivity contribution < 1.29 is 19.1 Å². The van der Waals surface area contributed by atoms with Crippen LogP contribution in [0.15, 0.2) is 60.8 Å². The van der Waals surface area contributed by atoms with Gasteiger partial charge in [0.25, 0.3) is 11.8 Å². The molecule has 1 aliphatic rings. The molecule has 0 bridgehead atoms. The molecular weight excluding hydrogens is 394 g/mol. The van der Waals surface area contributed by atoms with Crippen LogP contribution in [0.25, 0.3) is 0 Å². The molecule has 2 N–H and O–H groups in total. The Labute approximate surface area is 171 Å². The third-order valence-corrected chi connectivity index (χ3v) is 4.52. The Morgan fingerprint density at radius 2 is 1.83 bits per heavy atom. The van der Waals surface area contributed by atoms with E-state index in [1.165, 1.54) is 12.3 Å². The molecule has 0 radical (unpaired) electrons. The van der Waals surface area contributed by atoms with Crippen LogP contribution in [0.4, 0.5) is 5.69 Å². The quantitative estimate of drug-likeness (QED) is 0.628. The van der Waals surface area contributed by atoms with Gasteiger partial charge in [-0.2, -0.15) is 0 Å². The van der Waals surface area contributed by atoms with Crippen molar-refractivity contribution in [3.05, 3.63) is 82.6 Å². The third-order valence-electron chi connectivity index (χ3n) is 4.30. The molecule has 2 aromatic carbocycles. The number of para-hydroxylation sites is 1. The minimum absolute atomic E-state index is 0.196. The highest BCUT2D eigenvalue weighted by atomic mass is 35.5. The van der Waals surface area contributed by atoms with Crippen LogP contribution in [0.3, 0.4) is 0 Å². The number of pyridine rings is 1. The lowest BCUT2D eigenvalue weighted by atomic mass is 10.1. The van der Waals surface area contributed by atoms with Gasteiger partial charge in [0.05, 0.1) is 16.8 Å². The summed E-state index contributed by atoms with van der Waals surface area (Å²) in [6.45, 7) is 0.500. The second kappa shape index (κ2) is 8.20. The number of benzene rings is 2. The van der Waals surface area contributed by atoms with Crippen LogP contribution in [-0.2, 0) is 6.54 Å². The SMILES string of the molecule is O=C(Nc1ccccc1C(=O)NCc1ccc2c(c1)OCO2)c1ccc(Cl)nc1. The summed E-state index contributed by atoms with van der Waals surface area (Å²) in [5.41, 5.74) is 1.96. The molecule has 0 fully saturated rings. The number of anilines is 1. The minimum atomic E-state index is -0.384. The van der Waals surface area contributed by atoms with E-state index in [1.54, 1.807) is 36.4 Å². The molecule has 0 saturated heterocycles. The van der Waals surface area contributed by atoms with Crippen molar-refractivity contribution in [2.75, 3.05) is 12.1 Å². The molecule has 1 aliphatic heterocycles. The number of carbonyl (C=O) groups excluding carboxylic acids is 2. The summed E-state index contributed by atoms with van der Waals surface area (Å²) in [6.07, 6.45) is 1.37. The summed E-state index contributed by atoms with van der Waals surface area (Å²) >= 11 is 5.75. The van der Waals surface area contributed by atoms with Crippen molar-refractivity contribution in [3.63, 3.8) is 0 Å². The smallest absolute Gasteiger partial charge is 0.257 e. The monoisotopic (exact) mass is 409 g/mol. The Balaban J connectivity index is 1.45. The zero-order valence-corrected chi connectivity index (χ0v) is 15.9. The summed E-state index contributed by atoms with van der Waals surface area (Å²) in [7, 11) is 0. The van der Waals surface area contributed by atoms with Crippen LogP contribution in [-0.4, -0.2) is 23.6 Å². The third kappa shape index (κ3) is 4.30. The van der Waals surface area contributed by atoms with E-state index in [2.05, 4.69) is 15.6 Å². The molecular formula is C21H16ClN3O4. The Hall–Kier alpha value is -3.58. The number of nitrogens with one attached hydrogen (secondary N) is 2. The molecule has 0 atom stereocenters. The van der Waals surface area contributed by atoms with E-state index in [0.717, 1.165) is 5.56 Å². The average molecular weight is 410 g/mol. The van der Waals surface area contributed by atoms with Gasteiger partial charge in [0.2, 0.25) is 6.79 Å². The van der Waals surface area contributed by atoms with Crippen molar-refractivity contribution in [2.45, 2.75) is 6.54 Å². The molecule has 2 heterocycles. The highest BCUT2D eigenvalue weighted by Gasteiger charge is 2.16. The summed E-state index contributed by atoms with van der Waals surface area (Å²) < 4.78 is 10.6. The summed E-state index contributed by atoms with van der Waals surface area (Å²) in [4.78, 5) is 29.0. The van der Waals surface area contributed by atoms with Crippen molar-refractivity contribution in [2.24, 2.45) is 0 Å². The van der Waals surface area contributed by atoms with E-state index in [4.69, 9.17) is 21.1 Å². The van der Waals surface area contributed by atoms with E-state index < -0.39 is 0 Å². The topological polar surface area (TPSA) is 89.6 Å². The van der Waals surface area contributed by atoms with E-state index in [0.29, 0.717) is 40.0 Å². The van der Waals surface area contributed by atoms with Gasteiger partial charge in [-0.1, -0.05) is 29.8 Å². The number of hydrogen-bond acceptors (Lipinski definition) is 5. The molecule has 146 valence electrons. The van der Waals surface area contributed by atoms with Crippen LogP contribution in [0, 0.1) is 0 Å². The number of aromatic nitrogens is 1. The van der Waals surface area contributed by atoms with Crippen LogP contribution in [0.1, 0.15) is 26.3 Å². The molecule has 3 aromatic rings. The average Bonchev–Trinajstić information content (AvgIpc) is 3.21. The number of nitrogens with zero attached hydrogens (tertiary/aromatic N) is 1. The Morgan fingerprint density at radius 3 is 2.66 bits per heavy atom. The lowest BCUT2D eigenvalue weighted by molar-refractivity contribution is 0.0951. The maximum absolute atomic E-state index is 12.7. The normalized spacial score (nSPS) is 11.8. The fraction of sp³-hybridized carbons (Fsp3) is 0.0952. The van der Waals surface area contributed by atoms with Gasteiger partial charge >= 0.3 is 0 Å². The number of fused-ring (bicyclic) bond motifs is 1. The fourth-order valence-electron chi connectivity index (χ4n) is 2.82. The number of ether oxygens (including phenoxy) is 2. The van der Waals surface area contributed by atoms with Crippen molar-refractivity contribution in [3.8, 4) is 11.5 Å². The first kappa shape index (κ1) is 18.8. The fourth-order valence-corrected chi connectivity index (χ4v) is 2.94. The predicted octanol–water partition coefficient (Wildman–Crippen LogP) is 3.65. The van der Waals surface area contributed by atoms with Crippen LogP contribution >= 0.6 is 11.6 Å². The molecule has 8 heteroatoms. The van der Waals surface area contributed by atoms with E-state index in [9.17, 15) is 9.59 Å². The molecule has 1 aromatic heterocycles. The van der Waals surface area contributed by atoms with Gasteiger partial charge in [0.15, 0.2) is 11.5 Å². The zero-order valence-electron chi connectivity index (χ0n) is 15.1. The number of rotatable bonds is 5. The van der Waals surface area contributed by atoms with Gasteiger partial charge in [0, 0.05) is 12.7 Å². The highest BCUT2D eigenvalue weighted by Crippen LogP contribution is 2.32. The van der Waals surface area contributed by atoms with Gasteiger partial charge in [0.1, 0.15) is 5.15 Å². The molecule has 29 heavy (non-hydrogen) atoms. The number of halogens is 1. The van der Waals surface area contributed by atoms with Gasteiger partial charge in [-0.15, -0.1) is 0 Å². The Morgan fingerprint density at radius 1 is 1.00 bits per heavy atom. The standard InChI is InChI=1S/C21H16ClN3O4/c22-19-8-6-14(11-23-19)20(26)25-16-4-2-1-3-15(16)21(27)24-10-13-5-7-17-18(9-13)29-12-28-17/h1-9,11H,10,12H2,(H,24,27)(H,25,26). The van der Waals surface area contributed by atoms with Gasteiger partial charge in [-0.25, -0.2) is 4.98 Å². The first-order valence-electron chi connectivity index (χ1n) is 8.79. The second-order valence-electron chi connectivity index (χ2n) is 6.24. The van der Waals surface area contributed by atoms with Crippen LogP contribution < -0.4 is 20.1 Å². The van der Waals surface area contributed by atoms with Crippen molar-refractivity contribution in [1.82, 2.24) is 10.3 Å². The summed E-state index contributed by atoms with van der Waals surface area (Å²) in [6, 6.07) is 15.4. The number of amides is 2. The highest BCUT2D eigenvalue weighted by molar-refractivity contribution is 6.29. The number of hydrogen-bond donors (Lipinski definition) is 2. The largest absolute Gasteiger partial charge is 0.454 e. The second-order valence-corrected chi connectivity index (χ2v) is 6.63. The maximum atomic E-state index is 12.7. The molecule has 0 saturated carbocycles. The molecule has 4 rings (SSSR count).